The Balaban J connectivity index is 1.96. The van der Waals surface area contributed by atoms with Gasteiger partial charge in [0.1, 0.15) is 0 Å². The van der Waals surface area contributed by atoms with Crippen LogP contribution in [0.2, 0.25) is 5.02 Å². The summed E-state index contributed by atoms with van der Waals surface area (Å²) in [4.78, 5) is 12.1. The third-order valence-electron chi connectivity index (χ3n) is 3.88. The SMILES string of the molecule is CCC(C)c1ccccc1NC(=S)NC(=O)Cc1ccc(Cl)cc1. The average molecular weight is 361 g/mol. The molecule has 1 atom stereocenters. The normalized spacial score (nSPS) is 11.6. The van der Waals surface area contributed by atoms with E-state index in [1.54, 1.807) is 12.1 Å². The lowest BCUT2D eigenvalue weighted by Gasteiger charge is -2.17. The Morgan fingerprint density at radius 3 is 2.50 bits per heavy atom. The Morgan fingerprint density at radius 2 is 1.83 bits per heavy atom. The van der Waals surface area contributed by atoms with E-state index in [0.717, 1.165) is 17.7 Å². The van der Waals surface area contributed by atoms with Crippen LogP contribution in [0.5, 0.6) is 0 Å². The van der Waals surface area contributed by atoms with Crippen LogP contribution < -0.4 is 10.6 Å². The molecule has 0 radical (unpaired) electrons. The summed E-state index contributed by atoms with van der Waals surface area (Å²) in [6, 6.07) is 15.2. The zero-order valence-electron chi connectivity index (χ0n) is 13.8. The van der Waals surface area contributed by atoms with Crippen LogP contribution in [0.25, 0.3) is 0 Å². The summed E-state index contributed by atoms with van der Waals surface area (Å²) in [6.45, 7) is 4.32. The van der Waals surface area contributed by atoms with Gasteiger partial charge in [-0.1, -0.05) is 55.8 Å². The first-order valence-corrected chi connectivity index (χ1v) is 8.72. The Labute approximate surface area is 153 Å². The molecule has 0 spiro atoms. The van der Waals surface area contributed by atoms with Gasteiger partial charge in [0.25, 0.3) is 0 Å². The zero-order valence-corrected chi connectivity index (χ0v) is 15.4. The van der Waals surface area contributed by atoms with Crippen LogP contribution in [0.1, 0.15) is 37.3 Å². The molecule has 2 N–H and O–H groups in total. The fraction of sp³-hybridized carbons (Fsp3) is 0.263. The summed E-state index contributed by atoms with van der Waals surface area (Å²) in [5, 5.41) is 6.81. The van der Waals surface area contributed by atoms with Gasteiger partial charge < -0.3 is 10.6 Å². The molecule has 2 aromatic rings. The maximum Gasteiger partial charge on any atom is 0.230 e. The number of benzene rings is 2. The fourth-order valence-corrected chi connectivity index (χ4v) is 2.72. The Hall–Kier alpha value is -1.91. The first-order chi connectivity index (χ1) is 11.5. The van der Waals surface area contributed by atoms with Crippen LogP contribution in [0.4, 0.5) is 5.69 Å². The van der Waals surface area contributed by atoms with Crippen molar-refractivity contribution >= 4 is 40.5 Å². The highest BCUT2D eigenvalue weighted by Gasteiger charge is 2.11. The first-order valence-electron chi connectivity index (χ1n) is 7.93. The van der Waals surface area contributed by atoms with Crippen LogP contribution in [0.15, 0.2) is 48.5 Å². The minimum absolute atomic E-state index is 0.157. The van der Waals surface area contributed by atoms with Crippen molar-refractivity contribution in [2.75, 3.05) is 5.32 Å². The van der Waals surface area contributed by atoms with Crippen LogP contribution in [-0.4, -0.2) is 11.0 Å². The summed E-state index contributed by atoms with van der Waals surface area (Å²) in [5.41, 5.74) is 3.01. The van der Waals surface area contributed by atoms with Gasteiger partial charge in [-0.05, 0) is 53.9 Å². The van der Waals surface area contributed by atoms with E-state index in [1.807, 2.05) is 30.3 Å². The molecule has 0 aliphatic carbocycles. The summed E-state index contributed by atoms with van der Waals surface area (Å²) in [7, 11) is 0. The lowest BCUT2D eigenvalue weighted by molar-refractivity contribution is -0.119. The minimum Gasteiger partial charge on any atom is -0.332 e. The molecule has 0 aromatic heterocycles. The number of anilines is 1. The molecular weight excluding hydrogens is 340 g/mol. The van der Waals surface area contributed by atoms with Crippen molar-refractivity contribution in [2.45, 2.75) is 32.6 Å². The minimum atomic E-state index is -0.157. The van der Waals surface area contributed by atoms with Crippen LogP contribution in [-0.2, 0) is 11.2 Å². The summed E-state index contributed by atoms with van der Waals surface area (Å²) in [6.07, 6.45) is 1.29. The van der Waals surface area contributed by atoms with Crippen molar-refractivity contribution in [1.82, 2.24) is 5.32 Å². The monoisotopic (exact) mass is 360 g/mol. The number of carbonyl (C=O) groups is 1. The average Bonchev–Trinajstić information content (AvgIpc) is 2.56. The number of halogens is 1. The van der Waals surface area contributed by atoms with Gasteiger partial charge in [0.2, 0.25) is 5.91 Å². The smallest absolute Gasteiger partial charge is 0.230 e. The molecule has 1 unspecified atom stereocenters. The molecule has 0 saturated heterocycles. The lowest BCUT2D eigenvalue weighted by atomic mass is 9.97. The third kappa shape index (κ3) is 5.32. The number of nitrogens with one attached hydrogen (secondary N) is 2. The summed E-state index contributed by atoms with van der Waals surface area (Å²) in [5.74, 6) is 0.261. The van der Waals surface area contributed by atoms with E-state index in [4.69, 9.17) is 23.8 Å². The van der Waals surface area contributed by atoms with E-state index in [1.165, 1.54) is 5.56 Å². The van der Waals surface area contributed by atoms with E-state index < -0.39 is 0 Å². The number of amides is 1. The van der Waals surface area contributed by atoms with Crippen molar-refractivity contribution in [3.8, 4) is 0 Å². The number of rotatable bonds is 5. The van der Waals surface area contributed by atoms with Gasteiger partial charge in [-0.3, -0.25) is 4.79 Å². The first kappa shape index (κ1) is 18.4. The molecule has 0 saturated carbocycles. The molecule has 0 heterocycles. The van der Waals surface area contributed by atoms with Gasteiger partial charge in [0.05, 0.1) is 6.42 Å². The van der Waals surface area contributed by atoms with Gasteiger partial charge in [-0.2, -0.15) is 0 Å². The van der Waals surface area contributed by atoms with Gasteiger partial charge in [0, 0.05) is 10.7 Å². The van der Waals surface area contributed by atoms with E-state index in [0.29, 0.717) is 16.1 Å². The van der Waals surface area contributed by atoms with Crippen molar-refractivity contribution < 1.29 is 4.79 Å². The van der Waals surface area contributed by atoms with E-state index in [-0.39, 0.29) is 12.3 Å². The van der Waals surface area contributed by atoms with Crippen molar-refractivity contribution in [1.29, 1.82) is 0 Å². The molecule has 5 heteroatoms. The summed E-state index contributed by atoms with van der Waals surface area (Å²) < 4.78 is 0. The predicted molar refractivity (Wildman–Crippen MR) is 105 cm³/mol. The van der Waals surface area contributed by atoms with E-state index in [9.17, 15) is 4.79 Å². The number of para-hydroxylation sites is 1. The Kier molecular flexibility index (Phi) is 6.76. The van der Waals surface area contributed by atoms with E-state index >= 15 is 0 Å². The van der Waals surface area contributed by atoms with Crippen molar-refractivity contribution in [2.24, 2.45) is 0 Å². The standard InChI is InChI=1S/C19H21ClN2OS/c1-3-13(2)16-6-4-5-7-17(16)21-19(24)22-18(23)12-14-8-10-15(20)11-9-14/h4-11,13H,3,12H2,1-2H3,(H2,21,22,23,24). The predicted octanol–water partition coefficient (Wildman–Crippen LogP) is 4.91. The van der Waals surface area contributed by atoms with Crippen LogP contribution in [0, 0.1) is 0 Å². The highest BCUT2D eigenvalue weighted by Crippen LogP contribution is 2.26. The summed E-state index contributed by atoms with van der Waals surface area (Å²) >= 11 is 11.1. The maximum atomic E-state index is 12.1. The molecule has 0 fully saturated rings. The molecule has 0 aliphatic rings. The van der Waals surface area contributed by atoms with Gasteiger partial charge >= 0.3 is 0 Å². The maximum absolute atomic E-state index is 12.1. The van der Waals surface area contributed by atoms with Gasteiger partial charge in [-0.25, -0.2) is 0 Å². The highest BCUT2D eigenvalue weighted by atomic mass is 35.5. The molecule has 3 nitrogen and oxygen atoms in total. The fourth-order valence-electron chi connectivity index (χ4n) is 2.37. The second-order valence-electron chi connectivity index (χ2n) is 5.70. The van der Waals surface area contributed by atoms with Gasteiger partial charge in [-0.15, -0.1) is 0 Å². The number of carbonyl (C=O) groups excluding carboxylic acids is 1. The van der Waals surface area contributed by atoms with Crippen LogP contribution >= 0.6 is 23.8 Å². The quantitative estimate of drug-likeness (QED) is 0.744. The molecule has 1 amide bonds. The third-order valence-corrected chi connectivity index (χ3v) is 4.34. The topological polar surface area (TPSA) is 41.1 Å². The van der Waals surface area contributed by atoms with Crippen molar-refractivity contribution in [3.05, 3.63) is 64.7 Å². The second kappa shape index (κ2) is 8.81. The highest BCUT2D eigenvalue weighted by molar-refractivity contribution is 7.80. The Bertz CT molecular complexity index is 716. The second-order valence-corrected chi connectivity index (χ2v) is 6.55. The zero-order chi connectivity index (χ0) is 17.5. The molecule has 24 heavy (non-hydrogen) atoms. The molecule has 126 valence electrons. The van der Waals surface area contributed by atoms with Crippen molar-refractivity contribution in [3.63, 3.8) is 0 Å². The molecule has 2 rings (SSSR count). The number of thiocarbonyl (C=S) groups is 1. The van der Waals surface area contributed by atoms with E-state index in [2.05, 4.69) is 30.5 Å². The molecule has 0 bridgehead atoms. The van der Waals surface area contributed by atoms with Crippen LogP contribution in [0.3, 0.4) is 0 Å². The largest absolute Gasteiger partial charge is 0.332 e. The lowest BCUT2D eigenvalue weighted by Crippen LogP contribution is -2.35. The number of hydrogen-bond donors (Lipinski definition) is 2. The molecular formula is C19H21ClN2OS. The molecule has 0 aliphatic heterocycles. The number of hydrogen-bond acceptors (Lipinski definition) is 2. The Morgan fingerprint density at radius 1 is 1.17 bits per heavy atom. The molecule has 2 aromatic carbocycles. The van der Waals surface area contributed by atoms with Gasteiger partial charge in [0.15, 0.2) is 5.11 Å².